The molecule has 0 radical (unpaired) electrons. The van der Waals surface area contributed by atoms with Crippen LogP contribution in [0.4, 0.5) is 0 Å². The SMILES string of the molecule is COC(=O)c1sccc1CN1CCC[C@@H](c2[nH]ncc2C(=O)N2CCOCC2)C1. The fraction of sp³-hybridized carbons (Fsp3) is 0.550. The molecule has 1 N–H and O–H groups in total. The molecule has 2 aliphatic heterocycles. The number of aromatic nitrogens is 2. The molecule has 4 heterocycles. The van der Waals surface area contributed by atoms with Gasteiger partial charge in [0.25, 0.3) is 5.91 Å². The molecule has 0 aromatic carbocycles. The molecule has 4 rings (SSSR count). The summed E-state index contributed by atoms with van der Waals surface area (Å²) in [5.74, 6) is -0.0399. The van der Waals surface area contributed by atoms with Crippen LogP contribution in [0.1, 0.15) is 50.0 Å². The van der Waals surface area contributed by atoms with Gasteiger partial charge in [0, 0.05) is 32.1 Å². The van der Waals surface area contributed by atoms with Gasteiger partial charge in [-0.2, -0.15) is 5.10 Å². The Morgan fingerprint density at radius 3 is 2.97 bits per heavy atom. The number of methoxy groups -OCH3 is 1. The molecule has 0 bridgehead atoms. The lowest BCUT2D eigenvalue weighted by molar-refractivity contribution is 0.0301. The first kappa shape index (κ1) is 20.1. The Morgan fingerprint density at radius 2 is 2.17 bits per heavy atom. The highest BCUT2D eigenvalue weighted by atomic mass is 32.1. The van der Waals surface area contributed by atoms with Gasteiger partial charge >= 0.3 is 5.97 Å². The average Bonchev–Trinajstić information content (AvgIpc) is 3.43. The summed E-state index contributed by atoms with van der Waals surface area (Å²) >= 11 is 1.41. The first-order valence-corrected chi connectivity index (χ1v) is 10.8. The molecule has 0 unspecified atom stereocenters. The summed E-state index contributed by atoms with van der Waals surface area (Å²) < 4.78 is 10.2. The van der Waals surface area contributed by atoms with Crippen molar-refractivity contribution in [3.8, 4) is 0 Å². The van der Waals surface area contributed by atoms with Gasteiger partial charge in [-0.25, -0.2) is 4.79 Å². The minimum atomic E-state index is -0.282. The largest absolute Gasteiger partial charge is 0.465 e. The summed E-state index contributed by atoms with van der Waals surface area (Å²) in [6.45, 7) is 4.89. The summed E-state index contributed by atoms with van der Waals surface area (Å²) in [7, 11) is 1.41. The Morgan fingerprint density at radius 1 is 1.34 bits per heavy atom. The van der Waals surface area contributed by atoms with Crippen molar-refractivity contribution in [3.05, 3.63) is 39.3 Å². The van der Waals surface area contributed by atoms with Crippen LogP contribution in [0.2, 0.25) is 0 Å². The molecule has 1 amide bonds. The van der Waals surface area contributed by atoms with Crippen molar-refractivity contribution in [2.24, 2.45) is 0 Å². The van der Waals surface area contributed by atoms with Crippen LogP contribution >= 0.6 is 11.3 Å². The number of ether oxygens (including phenoxy) is 2. The zero-order chi connectivity index (χ0) is 20.2. The van der Waals surface area contributed by atoms with E-state index in [1.54, 1.807) is 6.20 Å². The maximum Gasteiger partial charge on any atom is 0.348 e. The first-order chi connectivity index (χ1) is 14.2. The Kier molecular flexibility index (Phi) is 6.27. The van der Waals surface area contributed by atoms with Gasteiger partial charge in [0.15, 0.2) is 0 Å². The van der Waals surface area contributed by atoms with E-state index in [-0.39, 0.29) is 17.8 Å². The van der Waals surface area contributed by atoms with Crippen LogP contribution in [-0.4, -0.2) is 78.4 Å². The second-order valence-electron chi connectivity index (χ2n) is 7.44. The monoisotopic (exact) mass is 418 g/mol. The average molecular weight is 419 g/mol. The van der Waals surface area contributed by atoms with E-state index >= 15 is 0 Å². The summed E-state index contributed by atoms with van der Waals surface area (Å²) in [5, 5.41) is 9.19. The predicted molar refractivity (Wildman–Crippen MR) is 108 cm³/mol. The molecule has 2 saturated heterocycles. The summed E-state index contributed by atoms with van der Waals surface area (Å²) in [6, 6.07) is 1.99. The molecule has 2 fully saturated rings. The van der Waals surface area contributed by atoms with Crippen molar-refractivity contribution >= 4 is 23.2 Å². The lowest BCUT2D eigenvalue weighted by atomic mass is 9.92. The Hall–Kier alpha value is -2.23. The Bertz CT molecular complexity index is 858. The molecule has 9 heteroatoms. The summed E-state index contributed by atoms with van der Waals surface area (Å²) in [6.07, 6.45) is 3.70. The van der Waals surface area contributed by atoms with Crippen molar-refractivity contribution in [2.45, 2.75) is 25.3 Å². The van der Waals surface area contributed by atoms with Crippen molar-refractivity contribution < 1.29 is 19.1 Å². The number of amides is 1. The lowest BCUT2D eigenvalue weighted by Crippen LogP contribution is -2.41. The molecular formula is C20H26N4O4S. The number of esters is 1. The fourth-order valence-electron chi connectivity index (χ4n) is 4.12. The maximum atomic E-state index is 13.0. The third-order valence-corrected chi connectivity index (χ3v) is 6.56. The molecule has 0 spiro atoms. The van der Waals surface area contributed by atoms with Gasteiger partial charge in [-0.1, -0.05) is 0 Å². The molecule has 0 saturated carbocycles. The molecule has 2 aliphatic rings. The smallest absolute Gasteiger partial charge is 0.348 e. The quantitative estimate of drug-likeness (QED) is 0.749. The van der Waals surface area contributed by atoms with Crippen LogP contribution in [0.5, 0.6) is 0 Å². The van der Waals surface area contributed by atoms with Crippen LogP contribution in [-0.2, 0) is 16.0 Å². The number of hydrogen-bond acceptors (Lipinski definition) is 7. The number of rotatable bonds is 5. The minimum Gasteiger partial charge on any atom is -0.465 e. The van der Waals surface area contributed by atoms with E-state index < -0.39 is 0 Å². The van der Waals surface area contributed by atoms with Crippen LogP contribution in [0.3, 0.4) is 0 Å². The van der Waals surface area contributed by atoms with Gasteiger partial charge in [0.2, 0.25) is 0 Å². The highest BCUT2D eigenvalue weighted by Crippen LogP contribution is 2.30. The number of carbonyl (C=O) groups excluding carboxylic acids is 2. The van der Waals surface area contributed by atoms with Crippen molar-refractivity contribution in [3.63, 3.8) is 0 Å². The molecule has 156 valence electrons. The van der Waals surface area contributed by atoms with E-state index in [1.807, 2.05) is 16.3 Å². The van der Waals surface area contributed by atoms with Gasteiger partial charge in [0.05, 0.1) is 37.8 Å². The Balaban J connectivity index is 1.46. The highest BCUT2D eigenvalue weighted by Gasteiger charge is 2.30. The highest BCUT2D eigenvalue weighted by molar-refractivity contribution is 7.12. The second kappa shape index (κ2) is 9.06. The number of piperidine rings is 1. The van der Waals surface area contributed by atoms with E-state index in [9.17, 15) is 9.59 Å². The molecule has 2 aromatic rings. The van der Waals surface area contributed by atoms with Gasteiger partial charge in [-0.3, -0.25) is 14.8 Å². The minimum absolute atomic E-state index is 0.0278. The predicted octanol–water partition coefficient (Wildman–Crippen LogP) is 2.11. The third-order valence-electron chi connectivity index (χ3n) is 5.62. The molecule has 2 aromatic heterocycles. The fourth-order valence-corrected chi connectivity index (χ4v) is 4.95. The van der Waals surface area contributed by atoms with Gasteiger partial charge < -0.3 is 14.4 Å². The number of morpholine rings is 1. The van der Waals surface area contributed by atoms with Crippen LogP contribution in [0.25, 0.3) is 0 Å². The van der Waals surface area contributed by atoms with E-state index in [2.05, 4.69) is 15.1 Å². The van der Waals surface area contributed by atoms with E-state index in [4.69, 9.17) is 9.47 Å². The van der Waals surface area contributed by atoms with E-state index in [0.29, 0.717) is 43.3 Å². The zero-order valence-electron chi connectivity index (χ0n) is 16.6. The Labute approximate surface area is 173 Å². The molecule has 8 nitrogen and oxygen atoms in total. The number of carbonyl (C=O) groups is 2. The number of H-pyrrole nitrogens is 1. The van der Waals surface area contributed by atoms with Crippen LogP contribution in [0, 0.1) is 0 Å². The number of nitrogens with one attached hydrogen (secondary N) is 1. The maximum absolute atomic E-state index is 13.0. The summed E-state index contributed by atoms with van der Waals surface area (Å²) in [4.78, 5) is 29.8. The first-order valence-electron chi connectivity index (χ1n) is 9.94. The molecular weight excluding hydrogens is 392 g/mol. The van der Waals surface area contributed by atoms with E-state index in [1.165, 1.54) is 18.4 Å². The van der Waals surface area contributed by atoms with Gasteiger partial charge in [0.1, 0.15) is 4.88 Å². The number of nitrogens with zero attached hydrogens (tertiary/aromatic N) is 3. The molecule has 0 aliphatic carbocycles. The van der Waals surface area contributed by atoms with Crippen molar-refractivity contribution in [1.82, 2.24) is 20.0 Å². The second-order valence-corrected chi connectivity index (χ2v) is 8.36. The summed E-state index contributed by atoms with van der Waals surface area (Å²) in [5.41, 5.74) is 2.59. The van der Waals surface area contributed by atoms with Crippen LogP contribution < -0.4 is 0 Å². The molecule has 29 heavy (non-hydrogen) atoms. The number of aromatic amines is 1. The number of hydrogen-bond donors (Lipinski definition) is 1. The molecule has 1 atom stereocenters. The van der Waals surface area contributed by atoms with Crippen molar-refractivity contribution in [1.29, 1.82) is 0 Å². The third kappa shape index (κ3) is 4.36. The lowest BCUT2D eigenvalue weighted by Gasteiger charge is -2.33. The normalized spacial score (nSPS) is 20.6. The standard InChI is InChI=1S/C20H26N4O4S/c1-27-20(26)18-15(4-10-29-18)13-23-5-2-3-14(12-23)17-16(11-21-22-17)19(25)24-6-8-28-9-7-24/h4,10-11,14H,2-3,5-9,12-13H2,1H3,(H,21,22)/t14-/m1/s1. The number of likely N-dealkylation sites (tertiary alicyclic amines) is 1. The number of thiophene rings is 1. The van der Waals surface area contributed by atoms with Crippen molar-refractivity contribution in [2.75, 3.05) is 46.5 Å². The van der Waals surface area contributed by atoms with Gasteiger partial charge in [-0.15, -0.1) is 11.3 Å². The topological polar surface area (TPSA) is 87.8 Å². The van der Waals surface area contributed by atoms with E-state index in [0.717, 1.165) is 37.2 Å². The van der Waals surface area contributed by atoms with Gasteiger partial charge in [-0.05, 0) is 36.4 Å². The zero-order valence-corrected chi connectivity index (χ0v) is 17.4. The van der Waals surface area contributed by atoms with Crippen LogP contribution in [0.15, 0.2) is 17.6 Å².